The first-order valence-electron chi connectivity index (χ1n) is 6.69. The second kappa shape index (κ2) is 5.47. The number of ether oxygens (including phenoxy) is 1. The topological polar surface area (TPSA) is 34.1 Å². The van der Waals surface area contributed by atoms with Gasteiger partial charge in [-0.05, 0) is 31.9 Å². The molecule has 0 saturated heterocycles. The molecule has 1 saturated carbocycles. The number of benzene rings is 1. The standard InChI is InChI=1S/C15H17BrN2O/c1-2-19-11-8-10(9-11)18-15-13-4-3-5-14(16)12(13)6-7-17-15/h3-7,10-11H,2,8-9H2,1H3,(H,17,18). The molecule has 3 nitrogen and oxygen atoms in total. The van der Waals surface area contributed by atoms with E-state index in [0.717, 1.165) is 35.1 Å². The van der Waals surface area contributed by atoms with Crippen molar-refractivity contribution < 1.29 is 4.74 Å². The molecule has 0 amide bonds. The number of halogens is 1. The van der Waals surface area contributed by atoms with E-state index >= 15 is 0 Å². The number of hydrogen-bond acceptors (Lipinski definition) is 3. The van der Waals surface area contributed by atoms with Crippen LogP contribution in [0.25, 0.3) is 10.8 Å². The van der Waals surface area contributed by atoms with Crippen LogP contribution in [0.15, 0.2) is 34.9 Å². The Labute approximate surface area is 121 Å². The zero-order chi connectivity index (χ0) is 13.2. The molecule has 0 spiro atoms. The Kier molecular flexibility index (Phi) is 3.71. The molecule has 19 heavy (non-hydrogen) atoms. The summed E-state index contributed by atoms with van der Waals surface area (Å²) in [5, 5.41) is 5.88. The molecule has 1 N–H and O–H groups in total. The lowest BCUT2D eigenvalue weighted by atomic mass is 9.89. The first-order chi connectivity index (χ1) is 9.28. The lowest BCUT2D eigenvalue weighted by Crippen LogP contribution is -2.41. The van der Waals surface area contributed by atoms with E-state index in [0.29, 0.717) is 12.1 Å². The number of pyridine rings is 1. The molecule has 1 fully saturated rings. The number of fused-ring (bicyclic) bond motifs is 1. The molecule has 0 aliphatic heterocycles. The Balaban J connectivity index is 1.77. The fraction of sp³-hybridized carbons (Fsp3) is 0.400. The van der Waals surface area contributed by atoms with Gasteiger partial charge in [0.25, 0.3) is 0 Å². The molecule has 3 rings (SSSR count). The molecule has 0 unspecified atom stereocenters. The molecule has 0 radical (unpaired) electrons. The molecule has 4 heteroatoms. The molecule has 0 atom stereocenters. The van der Waals surface area contributed by atoms with E-state index in [4.69, 9.17) is 4.74 Å². The summed E-state index contributed by atoms with van der Waals surface area (Å²) in [7, 11) is 0. The van der Waals surface area contributed by atoms with Gasteiger partial charge in [0.15, 0.2) is 0 Å². The maximum absolute atomic E-state index is 5.58. The van der Waals surface area contributed by atoms with Crippen LogP contribution in [-0.2, 0) is 4.74 Å². The summed E-state index contributed by atoms with van der Waals surface area (Å²) in [4.78, 5) is 4.47. The van der Waals surface area contributed by atoms with Crippen molar-refractivity contribution in [2.45, 2.75) is 31.9 Å². The second-order valence-corrected chi connectivity index (χ2v) is 5.74. The molecule has 1 heterocycles. The molecule has 1 aliphatic rings. The predicted octanol–water partition coefficient (Wildman–Crippen LogP) is 3.98. The summed E-state index contributed by atoms with van der Waals surface area (Å²) in [6.07, 6.45) is 4.41. The third-order valence-electron chi connectivity index (χ3n) is 3.59. The Bertz CT molecular complexity index is 581. The minimum Gasteiger partial charge on any atom is -0.378 e. The smallest absolute Gasteiger partial charge is 0.134 e. The number of aromatic nitrogens is 1. The maximum atomic E-state index is 5.58. The largest absolute Gasteiger partial charge is 0.378 e. The summed E-state index contributed by atoms with van der Waals surface area (Å²) < 4.78 is 6.69. The Morgan fingerprint density at radius 1 is 1.32 bits per heavy atom. The van der Waals surface area contributed by atoms with Crippen molar-refractivity contribution >= 4 is 32.5 Å². The molecule has 1 aromatic heterocycles. The van der Waals surface area contributed by atoms with Crippen LogP contribution in [0.4, 0.5) is 5.82 Å². The minimum atomic E-state index is 0.421. The first kappa shape index (κ1) is 12.9. The van der Waals surface area contributed by atoms with Crippen LogP contribution >= 0.6 is 15.9 Å². The van der Waals surface area contributed by atoms with Crippen molar-refractivity contribution in [2.24, 2.45) is 0 Å². The normalized spacial score (nSPS) is 22.2. The van der Waals surface area contributed by atoms with Gasteiger partial charge < -0.3 is 10.1 Å². The van der Waals surface area contributed by atoms with Gasteiger partial charge in [0.2, 0.25) is 0 Å². The third-order valence-corrected chi connectivity index (χ3v) is 4.28. The van der Waals surface area contributed by atoms with Crippen LogP contribution in [0, 0.1) is 0 Å². The van der Waals surface area contributed by atoms with Crippen molar-refractivity contribution in [2.75, 3.05) is 11.9 Å². The summed E-state index contributed by atoms with van der Waals surface area (Å²) in [5.74, 6) is 0.971. The van der Waals surface area contributed by atoms with Gasteiger partial charge in [0, 0.05) is 34.1 Å². The predicted molar refractivity (Wildman–Crippen MR) is 81.5 cm³/mol. The summed E-state index contributed by atoms with van der Waals surface area (Å²) >= 11 is 3.58. The second-order valence-electron chi connectivity index (χ2n) is 4.88. The lowest BCUT2D eigenvalue weighted by molar-refractivity contribution is 0.00295. The average molecular weight is 321 g/mol. The van der Waals surface area contributed by atoms with Gasteiger partial charge in [-0.15, -0.1) is 0 Å². The highest BCUT2D eigenvalue weighted by Gasteiger charge is 2.29. The molecular weight excluding hydrogens is 304 g/mol. The van der Waals surface area contributed by atoms with Crippen molar-refractivity contribution in [3.63, 3.8) is 0 Å². The van der Waals surface area contributed by atoms with Gasteiger partial charge in [-0.2, -0.15) is 0 Å². The molecule has 1 aliphatic carbocycles. The maximum Gasteiger partial charge on any atom is 0.134 e. The van der Waals surface area contributed by atoms with Crippen molar-refractivity contribution in [1.29, 1.82) is 0 Å². The number of anilines is 1. The van der Waals surface area contributed by atoms with Crippen LogP contribution in [0.3, 0.4) is 0 Å². The number of rotatable bonds is 4. The van der Waals surface area contributed by atoms with Crippen molar-refractivity contribution in [3.05, 3.63) is 34.9 Å². The Morgan fingerprint density at radius 2 is 2.16 bits per heavy atom. The minimum absolute atomic E-state index is 0.421. The first-order valence-corrected chi connectivity index (χ1v) is 7.48. The summed E-state index contributed by atoms with van der Waals surface area (Å²) in [5.41, 5.74) is 0. The lowest BCUT2D eigenvalue weighted by Gasteiger charge is -2.35. The van der Waals surface area contributed by atoms with Gasteiger partial charge in [-0.3, -0.25) is 0 Å². The van der Waals surface area contributed by atoms with E-state index in [-0.39, 0.29) is 0 Å². The van der Waals surface area contributed by atoms with E-state index in [9.17, 15) is 0 Å². The molecule has 100 valence electrons. The van der Waals surface area contributed by atoms with E-state index in [1.807, 2.05) is 25.3 Å². The Hall–Kier alpha value is -1.13. The third kappa shape index (κ3) is 2.60. The van der Waals surface area contributed by atoms with Crippen LogP contribution in [-0.4, -0.2) is 23.7 Å². The highest BCUT2D eigenvalue weighted by molar-refractivity contribution is 9.10. The average Bonchev–Trinajstić information content (AvgIpc) is 2.37. The number of nitrogens with zero attached hydrogens (tertiary/aromatic N) is 1. The number of hydrogen-bond donors (Lipinski definition) is 1. The van der Waals surface area contributed by atoms with Crippen molar-refractivity contribution in [3.8, 4) is 0 Å². The SMILES string of the molecule is CCOC1CC(Nc2nccc3c(Br)cccc23)C1. The fourth-order valence-corrected chi connectivity index (χ4v) is 3.03. The van der Waals surface area contributed by atoms with E-state index < -0.39 is 0 Å². The summed E-state index contributed by atoms with van der Waals surface area (Å²) in [6, 6.07) is 8.72. The van der Waals surface area contributed by atoms with Crippen LogP contribution < -0.4 is 5.32 Å². The highest BCUT2D eigenvalue weighted by atomic mass is 79.9. The quantitative estimate of drug-likeness (QED) is 0.925. The Morgan fingerprint density at radius 3 is 2.95 bits per heavy atom. The van der Waals surface area contributed by atoms with Gasteiger partial charge in [0.1, 0.15) is 5.82 Å². The highest BCUT2D eigenvalue weighted by Crippen LogP contribution is 2.31. The molecule has 1 aromatic carbocycles. The van der Waals surface area contributed by atoms with E-state index in [2.05, 4.69) is 38.4 Å². The van der Waals surface area contributed by atoms with Gasteiger partial charge in [0.05, 0.1) is 6.10 Å². The van der Waals surface area contributed by atoms with Crippen LogP contribution in [0.5, 0.6) is 0 Å². The van der Waals surface area contributed by atoms with E-state index in [1.165, 1.54) is 5.39 Å². The zero-order valence-electron chi connectivity index (χ0n) is 10.9. The zero-order valence-corrected chi connectivity index (χ0v) is 12.5. The van der Waals surface area contributed by atoms with Crippen molar-refractivity contribution in [1.82, 2.24) is 4.98 Å². The molecule has 2 aromatic rings. The monoisotopic (exact) mass is 320 g/mol. The van der Waals surface area contributed by atoms with E-state index in [1.54, 1.807) is 0 Å². The number of nitrogens with one attached hydrogen (secondary N) is 1. The molecular formula is C15H17BrN2O. The van der Waals surface area contributed by atoms with Gasteiger partial charge >= 0.3 is 0 Å². The van der Waals surface area contributed by atoms with Crippen LogP contribution in [0.1, 0.15) is 19.8 Å². The van der Waals surface area contributed by atoms with Crippen LogP contribution in [0.2, 0.25) is 0 Å². The van der Waals surface area contributed by atoms with Gasteiger partial charge in [-0.25, -0.2) is 4.98 Å². The molecule has 0 bridgehead atoms. The van der Waals surface area contributed by atoms with Gasteiger partial charge in [-0.1, -0.05) is 28.1 Å². The fourth-order valence-electron chi connectivity index (χ4n) is 2.53. The summed E-state index contributed by atoms with van der Waals surface area (Å²) in [6.45, 7) is 2.85.